The van der Waals surface area contributed by atoms with E-state index >= 15 is 0 Å². The molecule has 1 atom stereocenters. The molecule has 0 bridgehead atoms. The Morgan fingerprint density at radius 1 is 1.13 bits per heavy atom. The number of rotatable bonds is 6. The van der Waals surface area contributed by atoms with Crippen molar-refractivity contribution in [3.63, 3.8) is 0 Å². The van der Waals surface area contributed by atoms with Crippen LogP contribution in [0.15, 0.2) is 59.5 Å². The number of hydrogen-bond donors (Lipinski definition) is 0. The quantitative estimate of drug-likeness (QED) is 0.425. The lowest BCUT2D eigenvalue weighted by Gasteiger charge is -2.30. The summed E-state index contributed by atoms with van der Waals surface area (Å²) in [6, 6.07) is 15.2. The monoisotopic (exact) mass is 444 g/mol. The Morgan fingerprint density at radius 3 is 2.70 bits per heavy atom. The fraction of sp³-hybridized carbons (Fsp3) is 0.300. The van der Waals surface area contributed by atoms with Gasteiger partial charge in [0, 0.05) is 37.6 Å². The van der Waals surface area contributed by atoms with Crippen LogP contribution in [0.5, 0.6) is 0 Å². The number of nitrogens with zero attached hydrogens (tertiary/aromatic N) is 4. The fourth-order valence-corrected chi connectivity index (χ4v) is 6.11. The van der Waals surface area contributed by atoms with Crippen molar-refractivity contribution in [2.24, 2.45) is 0 Å². The van der Waals surface area contributed by atoms with Gasteiger partial charge in [0.1, 0.15) is 10.0 Å². The first kappa shape index (κ1) is 20.6. The van der Waals surface area contributed by atoms with Crippen LogP contribution in [0, 0.1) is 10.1 Å². The van der Waals surface area contributed by atoms with E-state index in [1.54, 1.807) is 0 Å². The average molecular weight is 445 g/mol. The van der Waals surface area contributed by atoms with Crippen LogP contribution in [0.1, 0.15) is 34.3 Å². The van der Waals surface area contributed by atoms with Crippen LogP contribution in [0.4, 0.5) is 5.69 Å². The molecule has 10 heteroatoms. The maximum absolute atomic E-state index is 13.1. The number of hydrogen-bond acceptors (Lipinski definition) is 7. The molecule has 1 aromatic heterocycles. The van der Waals surface area contributed by atoms with Gasteiger partial charge in [-0.05, 0) is 24.5 Å². The largest absolute Gasteiger partial charge is 0.270 e. The van der Waals surface area contributed by atoms with Crippen molar-refractivity contribution in [2.45, 2.75) is 30.1 Å². The van der Waals surface area contributed by atoms with Crippen molar-refractivity contribution < 1.29 is 13.3 Å². The van der Waals surface area contributed by atoms with E-state index in [1.807, 2.05) is 30.3 Å². The minimum Gasteiger partial charge on any atom is -0.258 e. The van der Waals surface area contributed by atoms with Gasteiger partial charge in [-0.1, -0.05) is 36.4 Å². The molecule has 0 saturated carbocycles. The highest BCUT2D eigenvalue weighted by atomic mass is 32.2. The topological polar surface area (TPSA) is 106 Å². The van der Waals surface area contributed by atoms with Crippen LogP contribution in [0.2, 0.25) is 0 Å². The Balaban J connectivity index is 1.51. The molecule has 0 amide bonds. The first-order valence-electron chi connectivity index (χ1n) is 9.54. The average Bonchev–Trinajstić information content (AvgIpc) is 3.23. The first-order valence-corrected chi connectivity index (χ1v) is 11.8. The number of nitro benzene ring substituents is 1. The smallest absolute Gasteiger partial charge is 0.258 e. The molecule has 8 nitrogen and oxygen atoms in total. The molecule has 2 heterocycles. The van der Waals surface area contributed by atoms with E-state index in [0.29, 0.717) is 25.9 Å². The molecule has 3 aromatic rings. The van der Waals surface area contributed by atoms with E-state index in [0.717, 1.165) is 28.1 Å². The highest BCUT2D eigenvalue weighted by molar-refractivity contribution is 7.89. The van der Waals surface area contributed by atoms with E-state index < -0.39 is 14.9 Å². The molecular weight excluding hydrogens is 424 g/mol. The lowest BCUT2D eigenvalue weighted by Crippen LogP contribution is -2.39. The molecule has 0 spiro atoms. The summed E-state index contributed by atoms with van der Waals surface area (Å²) >= 11 is 1.52. The molecule has 1 aliphatic heterocycles. The van der Waals surface area contributed by atoms with Crippen molar-refractivity contribution in [2.75, 3.05) is 13.1 Å². The molecule has 4 rings (SSSR count). The highest BCUT2D eigenvalue weighted by Crippen LogP contribution is 2.32. The zero-order valence-corrected chi connectivity index (χ0v) is 17.7. The molecule has 2 aromatic carbocycles. The van der Waals surface area contributed by atoms with Gasteiger partial charge in [0.25, 0.3) is 5.69 Å². The van der Waals surface area contributed by atoms with Gasteiger partial charge in [-0.25, -0.2) is 8.42 Å². The van der Waals surface area contributed by atoms with Crippen molar-refractivity contribution >= 4 is 27.0 Å². The minimum absolute atomic E-state index is 0.0331. The zero-order chi connectivity index (χ0) is 21.1. The summed E-state index contributed by atoms with van der Waals surface area (Å²) in [5.74, 6) is -0.0331. The van der Waals surface area contributed by atoms with Crippen LogP contribution in [0.25, 0.3) is 0 Å². The predicted molar refractivity (Wildman–Crippen MR) is 113 cm³/mol. The Morgan fingerprint density at radius 2 is 1.93 bits per heavy atom. The summed E-state index contributed by atoms with van der Waals surface area (Å²) in [4.78, 5) is 10.4. The number of nitro groups is 1. The second kappa shape index (κ2) is 8.58. The van der Waals surface area contributed by atoms with Gasteiger partial charge >= 0.3 is 0 Å². The summed E-state index contributed by atoms with van der Waals surface area (Å²) < 4.78 is 27.5. The minimum atomic E-state index is -3.82. The van der Waals surface area contributed by atoms with Gasteiger partial charge < -0.3 is 0 Å². The Kier molecular flexibility index (Phi) is 5.89. The molecule has 0 radical (unpaired) electrons. The van der Waals surface area contributed by atoms with E-state index in [4.69, 9.17) is 0 Å². The standard InChI is InChI=1S/C20H20N4O4S2/c25-24(26)17-9-4-10-18(13-17)30(27,28)23-11-5-8-16(14-23)20-22-21-19(29-20)12-15-6-2-1-3-7-15/h1-4,6-7,9-10,13,16H,5,8,11-12,14H2. The Hall–Kier alpha value is -2.69. The molecule has 30 heavy (non-hydrogen) atoms. The summed E-state index contributed by atoms with van der Waals surface area (Å²) in [5, 5.41) is 21.4. The van der Waals surface area contributed by atoms with Crippen molar-refractivity contribution in [3.8, 4) is 0 Å². The van der Waals surface area contributed by atoms with Crippen LogP contribution >= 0.6 is 11.3 Å². The Labute approximate surface area is 178 Å². The van der Waals surface area contributed by atoms with Crippen LogP contribution in [-0.2, 0) is 16.4 Å². The number of sulfonamides is 1. The van der Waals surface area contributed by atoms with Crippen LogP contribution in [-0.4, -0.2) is 40.9 Å². The second-order valence-corrected chi connectivity index (χ2v) is 10.2. The SMILES string of the molecule is O=[N+]([O-])c1cccc(S(=O)(=O)N2CCCC(c3nnc(Cc4ccccc4)s3)C2)c1. The van der Waals surface area contributed by atoms with E-state index in [-0.39, 0.29) is 16.5 Å². The molecule has 1 fully saturated rings. The van der Waals surface area contributed by atoms with Gasteiger partial charge in [0.05, 0.1) is 9.82 Å². The van der Waals surface area contributed by atoms with Gasteiger partial charge in [0.2, 0.25) is 10.0 Å². The van der Waals surface area contributed by atoms with Gasteiger partial charge in [-0.2, -0.15) is 4.31 Å². The predicted octanol–water partition coefficient (Wildman–Crippen LogP) is 3.61. The van der Waals surface area contributed by atoms with Gasteiger partial charge in [0.15, 0.2) is 0 Å². The second-order valence-electron chi connectivity index (χ2n) is 7.15. The van der Waals surface area contributed by atoms with Gasteiger partial charge in [-0.3, -0.25) is 10.1 Å². The number of piperidine rings is 1. The zero-order valence-electron chi connectivity index (χ0n) is 16.0. The maximum Gasteiger partial charge on any atom is 0.270 e. The summed E-state index contributed by atoms with van der Waals surface area (Å²) in [6.07, 6.45) is 2.23. The molecule has 0 N–H and O–H groups in total. The van der Waals surface area contributed by atoms with E-state index in [9.17, 15) is 18.5 Å². The van der Waals surface area contributed by atoms with Crippen molar-refractivity contribution in [3.05, 3.63) is 80.3 Å². The van der Waals surface area contributed by atoms with E-state index in [2.05, 4.69) is 10.2 Å². The first-order chi connectivity index (χ1) is 14.4. The number of non-ortho nitro benzene ring substituents is 1. The van der Waals surface area contributed by atoms with Crippen LogP contribution in [0.3, 0.4) is 0 Å². The van der Waals surface area contributed by atoms with E-state index in [1.165, 1.54) is 33.8 Å². The molecule has 156 valence electrons. The molecule has 1 saturated heterocycles. The third-order valence-electron chi connectivity index (χ3n) is 5.08. The third kappa shape index (κ3) is 4.40. The fourth-order valence-electron chi connectivity index (χ4n) is 3.54. The number of benzene rings is 2. The van der Waals surface area contributed by atoms with Crippen LogP contribution < -0.4 is 0 Å². The van der Waals surface area contributed by atoms with Crippen molar-refractivity contribution in [1.29, 1.82) is 0 Å². The third-order valence-corrected chi connectivity index (χ3v) is 8.03. The summed E-state index contributed by atoms with van der Waals surface area (Å²) in [7, 11) is -3.82. The van der Waals surface area contributed by atoms with Gasteiger partial charge in [-0.15, -0.1) is 21.5 Å². The molecule has 1 aliphatic rings. The molecule has 0 aliphatic carbocycles. The molecule has 1 unspecified atom stereocenters. The normalized spacial score (nSPS) is 17.7. The Bertz CT molecular complexity index is 1150. The summed E-state index contributed by atoms with van der Waals surface area (Å²) in [6.45, 7) is 0.683. The summed E-state index contributed by atoms with van der Waals surface area (Å²) in [5.41, 5.74) is 0.915. The lowest BCUT2D eigenvalue weighted by molar-refractivity contribution is -0.385. The maximum atomic E-state index is 13.1. The highest BCUT2D eigenvalue weighted by Gasteiger charge is 2.33. The number of aromatic nitrogens is 2. The van der Waals surface area contributed by atoms with Crippen molar-refractivity contribution in [1.82, 2.24) is 14.5 Å². The lowest BCUT2D eigenvalue weighted by atomic mass is 10.0. The molecular formula is C20H20N4O4S2.